The van der Waals surface area contributed by atoms with Gasteiger partial charge in [-0.1, -0.05) is 6.42 Å². The number of nitrogens with zero attached hydrogens (tertiary/aromatic N) is 5. The van der Waals surface area contributed by atoms with Crippen LogP contribution in [0.15, 0.2) is 36.5 Å². The molecule has 0 spiro atoms. The molecule has 3 aromatic heterocycles. The lowest BCUT2D eigenvalue weighted by Gasteiger charge is -2.23. The van der Waals surface area contributed by atoms with Crippen LogP contribution < -0.4 is 4.74 Å². The van der Waals surface area contributed by atoms with Gasteiger partial charge in [-0.2, -0.15) is 5.10 Å². The zero-order chi connectivity index (χ0) is 21.5. The number of fused-ring (bicyclic) bond motifs is 1. The molecule has 1 aliphatic carbocycles. The van der Waals surface area contributed by atoms with E-state index in [0.29, 0.717) is 18.3 Å². The molecular formula is C24H26FN5O. The molecule has 0 amide bonds. The number of aromatic nitrogens is 5. The van der Waals surface area contributed by atoms with Crippen molar-refractivity contribution >= 4 is 5.65 Å². The molecule has 0 aliphatic heterocycles. The average Bonchev–Trinajstić information content (AvgIpc) is 3.22. The summed E-state index contributed by atoms with van der Waals surface area (Å²) in [6, 6.07) is 8.66. The summed E-state index contributed by atoms with van der Waals surface area (Å²) in [5.41, 5.74) is 5.95. The minimum absolute atomic E-state index is 0.312. The van der Waals surface area contributed by atoms with Crippen molar-refractivity contribution in [3.63, 3.8) is 0 Å². The normalized spacial score (nSPS) is 14.2. The van der Waals surface area contributed by atoms with Gasteiger partial charge >= 0.3 is 0 Å². The number of hydrogen-bond donors (Lipinski definition) is 0. The van der Waals surface area contributed by atoms with Gasteiger partial charge in [0.2, 0.25) is 0 Å². The van der Waals surface area contributed by atoms with E-state index >= 15 is 0 Å². The van der Waals surface area contributed by atoms with Crippen molar-refractivity contribution in [1.29, 1.82) is 0 Å². The van der Waals surface area contributed by atoms with Crippen LogP contribution in [0.3, 0.4) is 0 Å². The first-order valence-electron chi connectivity index (χ1n) is 10.8. The van der Waals surface area contributed by atoms with Crippen LogP contribution in [0.25, 0.3) is 16.8 Å². The Morgan fingerprint density at radius 1 is 1.13 bits per heavy atom. The van der Waals surface area contributed by atoms with Gasteiger partial charge in [0.15, 0.2) is 5.65 Å². The highest BCUT2D eigenvalue weighted by molar-refractivity contribution is 5.71. The lowest BCUT2D eigenvalue weighted by molar-refractivity contribution is 0.321. The van der Waals surface area contributed by atoms with E-state index in [4.69, 9.17) is 4.74 Å². The zero-order valence-electron chi connectivity index (χ0n) is 18.1. The van der Waals surface area contributed by atoms with E-state index in [-0.39, 0.29) is 5.82 Å². The van der Waals surface area contributed by atoms with Crippen molar-refractivity contribution in [3.05, 3.63) is 65.1 Å². The Morgan fingerprint density at radius 2 is 1.97 bits per heavy atom. The van der Waals surface area contributed by atoms with Gasteiger partial charge in [-0.05, 0) is 56.5 Å². The second-order valence-electron chi connectivity index (χ2n) is 8.34. The molecule has 31 heavy (non-hydrogen) atoms. The molecule has 6 nitrogen and oxygen atoms in total. The van der Waals surface area contributed by atoms with Gasteiger partial charge in [0.1, 0.15) is 17.4 Å². The van der Waals surface area contributed by atoms with E-state index in [1.165, 1.54) is 24.1 Å². The maximum absolute atomic E-state index is 14.1. The first-order valence-corrected chi connectivity index (χ1v) is 10.8. The summed E-state index contributed by atoms with van der Waals surface area (Å²) in [5, 5.41) is 13.2. The Hall–Kier alpha value is -3.22. The largest absolute Gasteiger partial charge is 0.492 e. The minimum atomic E-state index is -0.312. The molecule has 0 atom stereocenters. The summed E-state index contributed by atoms with van der Waals surface area (Å²) < 4.78 is 24.1. The molecule has 4 aromatic rings. The molecule has 1 aromatic carbocycles. The van der Waals surface area contributed by atoms with Crippen LogP contribution in [-0.4, -0.2) is 31.0 Å². The number of aryl methyl sites for hydroxylation is 2. The van der Waals surface area contributed by atoms with Gasteiger partial charge < -0.3 is 4.74 Å². The number of pyridine rings is 1. The van der Waals surface area contributed by atoms with Crippen LogP contribution in [-0.2, 0) is 13.5 Å². The quantitative estimate of drug-likeness (QED) is 0.452. The van der Waals surface area contributed by atoms with E-state index in [9.17, 15) is 4.39 Å². The van der Waals surface area contributed by atoms with E-state index in [1.54, 1.807) is 6.07 Å². The van der Waals surface area contributed by atoms with Gasteiger partial charge in [-0.3, -0.25) is 9.08 Å². The second kappa shape index (κ2) is 7.80. The summed E-state index contributed by atoms with van der Waals surface area (Å²) in [5.74, 6) is 1.71. The van der Waals surface area contributed by atoms with Gasteiger partial charge in [0, 0.05) is 48.5 Å². The Labute approximate surface area is 180 Å². The molecule has 1 saturated carbocycles. The van der Waals surface area contributed by atoms with Crippen LogP contribution >= 0.6 is 0 Å². The number of hydrogen-bond acceptors (Lipinski definition) is 4. The number of benzene rings is 1. The van der Waals surface area contributed by atoms with Crippen molar-refractivity contribution in [2.75, 3.05) is 6.61 Å². The van der Waals surface area contributed by atoms with Crippen LogP contribution in [0.4, 0.5) is 4.39 Å². The molecule has 1 aliphatic rings. The minimum Gasteiger partial charge on any atom is -0.492 e. The molecule has 5 rings (SSSR count). The van der Waals surface area contributed by atoms with Crippen LogP contribution in [0.5, 0.6) is 5.75 Å². The summed E-state index contributed by atoms with van der Waals surface area (Å²) in [6.45, 7) is 4.51. The maximum Gasteiger partial charge on any atom is 0.160 e. The monoisotopic (exact) mass is 419 g/mol. The first-order chi connectivity index (χ1) is 15.0. The summed E-state index contributed by atoms with van der Waals surface area (Å²) in [7, 11) is 1.94. The Morgan fingerprint density at radius 3 is 2.68 bits per heavy atom. The highest BCUT2D eigenvalue weighted by atomic mass is 19.1. The van der Waals surface area contributed by atoms with Crippen LogP contribution in [0, 0.1) is 19.7 Å². The van der Waals surface area contributed by atoms with E-state index in [2.05, 4.69) is 26.6 Å². The topological polar surface area (TPSA) is 57.2 Å². The van der Waals surface area contributed by atoms with Crippen molar-refractivity contribution in [2.24, 2.45) is 7.05 Å². The molecule has 0 radical (unpaired) electrons. The fraction of sp³-hybridized carbons (Fsp3) is 0.375. The molecular weight excluding hydrogens is 393 g/mol. The lowest BCUT2D eigenvalue weighted by Crippen LogP contribution is -2.12. The Kier molecular flexibility index (Phi) is 4.96. The number of halogens is 1. The van der Waals surface area contributed by atoms with Crippen molar-refractivity contribution in [1.82, 2.24) is 24.4 Å². The zero-order valence-corrected chi connectivity index (χ0v) is 18.1. The average molecular weight is 420 g/mol. The fourth-order valence-electron chi connectivity index (χ4n) is 4.31. The van der Waals surface area contributed by atoms with Crippen LogP contribution in [0.2, 0.25) is 0 Å². The fourth-order valence-corrected chi connectivity index (χ4v) is 4.31. The van der Waals surface area contributed by atoms with E-state index < -0.39 is 0 Å². The predicted octanol–water partition coefficient (Wildman–Crippen LogP) is 4.77. The van der Waals surface area contributed by atoms with Gasteiger partial charge in [-0.25, -0.2) is 4.39 Å². The lowest BCUT2D eigenvalue weighted by atomic mass is 9.85. The summed E-state index contributed by atoms with van der Waals surface area (Å²) >= 11 is 0. The molecule has 0 bridgehead atoms. The third-order valence-corrected chi connectivity index (χ3v) is 6.42. The molecule has 1 fully saturated rings. The first kappa shape index (κ1) is 19.7. The van der Waals surface area contributed by atoms with Crippen LogP contribution in [0.1, 0.15) is 48.0 Å². The molecule has 0 saturated heterocycles. The number of rotatable bonds is 6. The Balaban J connectivity index is 1.43. The van der Waals surface area contributed by atoms with Crippen molar-refractivity contribution in [2.45, 2.75) is 45.4 Å². The smallest absolute Gasteiger partial charge is 0.160 e. The summed E-state index contributed by atoms with van der Waals surface area (Å²) in [6.07, 6.45) is 6.31. The standard InChI is InChI=1S/C24H26FN5O/c1-15-20(16(2)29(3)28-15)11-12-31-22-13-19(25)8-9-21(22)18-7-10-23-26-27-24(30(23)14-18)17-5-4-6-17/h7-10,13-14,17H,4-6,11-12H2,1-3H3. The molecule has 3 heterocycles. The van der Waals surface area contributed by atoms with Crippen molar-refractivity contribution < 1.29 is 9.13 Å². The molecule has 0 N–H and O–H groups in total. The van der Waals surface area contributed by atoms with Gasteiger partial charge in [0.05, 0.1) is 12.3 Å². The van der Waals surface area contributed by atoms with E-state index in [0.717, 1.165) is 53.2 Å². The SMILES string of the molecule is Cc1nn(C)c(C)c1CCOc1cc(F)ccc1-c1ccc2nnc(C3CCC3)n2c1. The Bertz CT molecular complexity index is 1250. The second-order valence-corrected chi connectivity index (χ2v) is 8.34. The highest BCUT2D eigenvalue weighted by Crippen LogP contribution is 2.36. The van der Waals surface area contributed by atoms with Crippen molar-refractivity contribution in [3.8, 4) is 16.9 Å². The maximum atomic E-state index is 14.1. The molecule has 7 heteroatoms. The summed E-state index contributed by atoms with van der Waals surface area (Å²) in [4.78, 5) is 0. The third-order valence-electron chi connectivity index (χ3n) is 6.42. The predicted molar refractivity (Wildman–Crippen MR) is 117 cm³/mol. The van der Waals surface area contributed by atoms with Gasteiger partial charge in [0.25, 0.3) is 0 Å². The highest BCUT2D eigenvalue weighted by Gasteiger charge is 2.24. The third kappa shape index (κ3) is 3.58. The van der Waals surface area contributed by atoms with Gasteiger partial charge in [-0.15, -0.1) is 10.2 Å². The van der Waals surface area contributed by atoms with E-state index in [1.807, 2.05) is 37.0 Å². The number of ether oxygens (including phenoxy) is 1. The molecule has 160 valence electrons. The molecule has 0 unspecified atom stereocenters.